The summed E-state index contributed by atoms with van der Waals surface area (Å²) in [6.07, 6.45) is 0. The maximum Gasteiger partial charge on any atom is 0.191 e. The average molecular weight is 268 g/mol. The van der Waals surface area contributed by atoms with Crippen LogP contribution in [0.3, 0.4) is 0 Å². The molecule has 1 unspecified atom stereocenters. The number of aliphatic imine (C=N–C) groups is 1. The third kappa shape index (κ3) is 1.63. The van der Waals surface area contributed by atoms with Gasteiger partial charge < -0.3 is 10.6 Å². The van der Waals surface area contributed by atoms with Gasteiger partial charge in [-0.1, -0.05) is 28.1 Å². The minimum Gasteiger partial charge on any atom is -0.370 e. The smallest absolute Gasteiger partial charge is 0.191 e. The highest BCUT2D eigenvalue weighted by molar-refractivity contribution is 9.10. The number of halogens is 1. The first-order valence-corrected chi connectivity index (χ1v) is 5.63. The van der Waals surface area contributed by atoms with Crippen LogP contribution in [-0.4, -0.2) is 24.5 Å². The highest BCUT2D eigenvalue weighted by atomic mass is 79.9. The summed E-state index contributed by atoms with van der Waals surface area (Å²) in [7, 11) is 1.98. The van der Waals surface area contributed by atoms with E-state index in [2.05, 4.69) is 40.0 Å². The minimum absolute atomic E-state index is 0.106. The molecule has 0 bridgehead atoms. The van der Waals surface area contributed by atoms with Crippen LogP contribution in [0.4, 0.5) is 0 Å². The van der Waals surface area contributed by atoms with Crippen LogP contribution < -0.4 is 5.73 Å². The molecule has 1 aliphatic heterocycles. The number of hydrogen-bond acceptors (Lipinski definition) is 3. The van der Waals surface area contributed by atoms with Gasteiger partial charge in [0.05, 0.1) is 12.1 Å². The van der Waals surface area contributed by atoms with Crippen LogP contribution in [0.25, 0.3) is 0 Å². The topological polar surface area (TPSA) is 41.6 Å². The van der Waals surface area contributed by atoms with Crippen LogP contribution in [0.5, 0.6) is 0 Å². The van der Waals surface area contributed by atoms with Gasteiger partial charge in [-0.2, -0.15) is 0 Å². The lowest BCUT2D eigenvalue weighted by Crippen LogP contribution is -2.44. The van der Waals surface area contributed by atoms with Gasteiger partial charge in [0.1, 0.15) is 0 Å². The summed E-state index contributed by atoms with van der Waals surface area (Å²) in [6, 6.07) is 8.30. The molecule has 1 heterocycles. The van der Waals surface area contributed by atoms with Gasteiger partial charge >= 0.3 is 0 Å². The maximum absolute atomic E-state index is 5.79. The predicted octanol–water partition coefficient (Wildman–Crippen LogP) is 1.92. The van der Waals surface area contributed by atoms with Crippen molar-refractivity contribution in [2.75, 3.05) is 13.6 Å². The van der Waals surface area contributed by atoms with Crippen molar-refractivity contribution in [3.8, 4) is 0 Å². The second-order valence-corrected chi connectivity index (χ2v) is 4.93. The number of hydrogen-bond donors (Lipinski definition) is 1. The summed E-state index contributed by atoms with van der Waals surface area (Å²) >= 11 is 3.43. The van der Waals surface area contributed by atoms with E-state index in [1.165, 1.54) is 5.56 Å². The lowest BCUT2D eigenvalue weighted by molar-refractivity contribution is 0.267. The molecule has 0 amide bonds. The molecule has 15 heavy (non-hydrogen) atoms. The monoisotopic (exact) mass is 267 g/mol. The number of rotatable bonds is 1. The van der Waals surface area contributed by atoms with Gasteiger partial charge in [0, 0.05) is 11.5 Å². The Bertz CT molecular complexity index is 399. The minimum atomic E-state index is -0.106. The SMILES string of the molecule is CN1C(N)=NCC1(C)c1ccc(Br)cc1. The quantitative estimate of drug-likeness (QED) is 0.845. The van der Waals surface area contributed by atoms with Gasteiger partial charge in [0.15, 0.2) is 5.96 Å². The summed E-state index contributed by atoms with van der Waals surface area (Å²) in [5.41, 5.74) is 6.92. The summed E-state index contributed by atoms with van der Waals surface area (Å²) in [5.74, 6) is 0.611. The molecular formula is C11H14BrN3. The Morgan fingerprint density at radius 3 is 2.47 bits per heavy atom. The predicted molar refractivity (Wildman–Crippen MR) is 65.7 cm³/mol. The summed E-state index contributed by atoms with van der Waals surface area (Å²) in [5, 5.41) is 0. The van der Waals surface area contributed by atoms with Crippen LogP contribution in [0.2, 0.25) is 0 Å². The van der Waals surface area contributed by atoms with Crippen molar-refractivity contribution in [1.29, 1.82) is 0 Å². The van der Waals surface area contributed by atoms with Gasteiger partial charge in [0.25, 0.3) is 0 Å². The van der Waals surface area contributed by atoms with E-state index < -0.39 is 0 Å². The van der Waals surface area contributed by atoms with Crippen LogP contribution in [0.15, 0.2) is 33.7 Å². The second-order valence-electron chi connectivity index (χ2n) is 4.01. The van der Waals surface area contributed by atoms with Gasteiger partial charge in [0.2, 0.25) is 0 Å². The highest BCUT2D eigenvalue weighted by Crippen LogP contribution is 2.31. The normalized spacial score (nSPS) is 25.5. The van der Waals surface area contributed by atoms with Crippen LogP contribution >= 0.6 is 15.9 Å². The Morgan fingerprint density at radius 1 is 1.40 bits per heavy atom. The molecule has 2 N–H and O–H groups in total. The molecule has 4 heteroatoms. The molecule has 80 valence electrons. The Kier molecular flexibility index (Phi) is 2.46. The van der Waals surface area contributed by atoms with E-state index in [1.54, 1.807) is 0 Å². The van der Waals surface area contributed by atoms with Gasteiger partial charge in [-0.25, -0.2) is 0 Å². The van der Waals surface area contributed by atoms with E-state index in [9.17, 15) is 0 Å². The molecule has 0 spiro atoms. The molecule has 0 radical (unpaired) electrons. The molecule has 0 aliphatic carbocycles. The number of nitrogens with two attached hydrogens (primary N) is 1. The van der Waals surface area contributed by atoms with Crippen molar-refractivity contribution < 1.29 is 0 Å². The van der Waals surface area contributed by atoms with E-state index >= 15 is 0 Å². The van der Waals surface area contributed by atoms with Crippen molar-refractivity contribution in [3.63, 3.8) is 0 Å². The van der Waals surface area contributed by atoms with Crippen LogP contribution in [0, 0.1) is 0 Å². The average Bonchev–Trinajstić information content (AvgIpc) is 2.48. The first-order valence-electron chi connectivity index (χ1n) is 4.84. The van der Waals surface area contributed by atoms with Crippen LogP contribution in [0.1, 0.15) is 12.5 Å². The molecule has 1 aromatic rings. The zero-order valence-electron chi connectivity index (χ0n) is 8.87. The fourth-order valence-corrected chi connectivity index (χ4v) is 2.06. The highest BCUT2D eigenvalue weighted by Gasteiger charge is 2.36. The summed E-state index contributed by atoms with van der Waals surface area (Å²) < 4.78 is 1.09. The number of nitrogens with zero attached hydrogens (tertiary/aromatic N) is 2. The van der Waals surface area contributed by atoms with E-state index in [0.717, 1.165) is 11.0 Å². The molecule has 1 aromatic carbocycles. The standard InChI is InChI=1S/C11H14BrN3/c1-11(7-14-10(13)15(11)2)8-3-5-9(12)6-4-8/h3-6H,7H2,1-2H3,(H2,13,14). The van der Waals surface area contributed by atoms with Crippen molar-refractivity contribution >= 4 is 21.9 Å². The fraction of sp³-hybridized carbons (Fsp3) is 0.364. The van der Waals surface area contributed by atoms with Gasteiger partial charge in [-0.05, 0) is 24.6 Å². The second kappa shape index (κ2) is 3.52. The first-order chi connectivity index (χ1) is 7.04. The molecule has 3 nitrogen and oxygen atoms in total. The molecule has 0 fully saturated rings. The zero-order chi connectivity index (χ0) is 11.1. The number of guanidine groups is 1. The molecule has 0 saturated carbocycles. The molecule has 0 saturated heterocycles. The molecule has 0 aromatic heterocycles. The Labute approximate surface area is 98.1 Å². The van der Waals surface area contributed by atoms with E-state index in [-0.39, 0.29) is 5.54 Å². The van der Waals surface area contributed by atoms with Crippen molar-refractivity contribution in [1.82, 2.24) is 4.90 Å². The molecule has 2 rings (SSSR count). The van der Waals surface area contributed by atoms with E-state index in [0.29, 0.717) is 5.96 Å². The van der Waals surface area contributed by atoms with Crippen LogP contribution in [-0.2, 0) is 5.54 Å². The summed E-state index contributed by atoms with van der Waals surface area (Å²) in [6.45, 7) is 2.87. The Morgan fingerprint density at radius 2 is 2.00 bits per heavy atom. The number of likely N-dealkylation sites (N-methyl/N-ethyl adjacent to an activating group) is 1. The molecule has 1 aliphatic rings. The third-order valence-corrected chi connectivity index (χ3v) is 3.63. The lowest BCUT2D eigenvalue weighted by Gasteiger charge is -2.33. The first kappa shape index (κ1) is 10.5. The van der Waals surface area contributed by atoms with E-state index in [1.807, 2.05) is 24.1 Å². The van der Waals surface area contributed by atoms with Crippen molar-refractivity contribution in [2.45, 2.75) is 12.5 Å². The van der Waals surface area contributed by atoms with Gasteiger partial charge in [-0.3, -0.25) is 4.99 Å². The lowest BCUT2D eigenvalue weighted by atomic mass is 9.92. The zero-order valence-corrected chi connectivity index (χ0v) is 10.5. The Balaban J connectivity index is 2.35. The Hall–Kier alpha value is -1.03. The molecule has 1 atom stereocenters. The van der Waals surface area contributed by atoms with E-state index in [4.69, 9.17) is 5.73 Å². The van der Waals surface area contributed by atoms with Crippen molar-refractivity contribution in [2.24, 2.45) is 10.7 Å². The number of benzene rings is 1. The molecular weight excluding hydrogens is 254 g/mol. The fourth-order valence-electron chi connectivity index (χ4n) is 1.79. The largest absolute Gasteiger partial charge is 0.370 e. The maximum atomic E-state index is 5.79. The van der Waals surface area contributed by atoms with Crippen molar-refractivity contribution in [3.05, 3.63) is 34.3 Å². The summed E-state index contributed by atoms with van der Waals surface area (Å²) in [4.78, 5) is 6.30. The van der Waals surface area contributed by atoms with Gasteiger partial charge in [-0.15, -0.1) is 0 Å². The third-order valence-electron chi connectivity index (χ3n) is 3.10.